The quantitative estimate of drug-likeness (QED) is 0.868. The second-order valence-electron chi connectivity index (χ2n) is 3.40. The highest BCUT2D eigenvalue weighted by molar-refractivity contribution is 6.03. The van der Waals surface area contributed by atoms with Crippen molar-refractivity contribution in [2.24, 2.45) is 0 Å². The first-order valence-electron chi connectivity index (χ1n) is 5.34. The van der Waals surface area contributed by atoms with Gasteiger partial charge in [0.1, 0.15) is 12.2 Å². The standard InChI is InChI=1S/C12H12N4O/c1-2-10-13-8-14-12(15-10)16-11(17)9-6-4-3-5-7-9/h3-8H,2H2,1H3,(H,13,14,15,16,17). The number of hydrogen-bond donors (Lipinski definition) is 1. The minimum atomic E-state index is -0.223. The molecular weight excluding hydrogens is 216 g/mol. The van der Waals surface area contributed by atoms with Gasteiger partial charge in [0.2, 0.25) is 5.95 Å². The summed E-state index contributed by atoms with van der Waals surface area (Å²) in [5.41, 5.74) is 0.575. The van der Waals surface area contributed by atoms with Crippen molar-refractivity contribution < 1.29 is 4.79 Å². The van der Waals surface area contributed by atoms with E-state index in [0.29, 0.717) is 17.8 Å². The molecule has 2 aromatic rings. The molecule has 5 nitrogen and oxygen atoms in total. The van der Waals surface area contributed by atoms with Crippen molar-refractivity contribution in [1.82, 2.24) is 15.0 Å². The lowest BCUT2D eigenvalue weighted by Gasteiger charge is -2.03. The van der Waals surface area contributed by atoms with Crippen molar-refractivity contribution in [1.29, 1.82) is 0 Å². The van der Waals surface area contributed by atoms with Crippen LogP contribution in [0.25, 0.3) is 0 Å². The molecule has 0 saturated carbocycles. The number of benzene rings is 1. The van der Waals surface area contributed by atoms with Crippen molar-refractivity contribution >= 4 is 11.9 Å². The Morgan fingerprint density at radius 1 is 1.24 bits per heavy atom. The molecule has 0 bridgehead atoms. The van der Waals surface area contributed by atoms with Crippen LogP contribution in [0.4, 0.5) is 5.95 Å². The van der Waals surface area contributed by atoms with Crippen molar-refractivity contribution in [2.45, 2.75) is 13.3 Å². The van der Waals surface area contributed by atoms with Crippen LogP contribution >= 0.6 is 0 Å². The van der Waals surface area contributed by atoms with Crippen LogP contribution in [-0.2, 0) is 6.42 Å². The zero-order valence-electron chi connectivity index (χ0n) is 9.42. The lowest BCUT2D eigenvalue weighted by molar-refractivity contribution is 0.102. The molecule has 86 valence electrons. The Hall–Kier alpha value is -2.30. The number of aryl methyl sites for hydroxylation is 1. The highest BCUT2D eigenvalue weighted by atomic mass is 16.1. The maximum absolute atomic E-state index is 11.8. The number of carbonyl (C=O) groups is 1. The molecule has 0 fully saturated rings. The summed E-state index contributed by atoms with van der Waals surface area (Å²) in [6, 6.07) is 8.93. The summed E-state index contributed by atoms with van der Waals surface area (Å²) < 4.78 is 0. The van der Waals surface area contributed by atoms with Crippen LogP contribution in [0.1, 0.15) is 23.1 Å². The number of rotatable bonds is 3. The lowest BCUT2D eigenvalue weighted by atomic mass is 10.2. The molecule has 0 unspecified atom stereocenters. The fraction of sp³-hybridized carbons (Fsp3) is 0.167. The summed E-state index contributed by atoms with van der Waals surface area (Å²) in [5.74, 6) is 0.716. The number of nitrogens with zero attached hydrogens (tertiary/aromatic N) is 3. The third-order valence-corrected chi connectivity index (χ3v) is 2.20. The second kappa shape index (κ2) is 5.16. The molecule has 2 rings (SSSR count). The van der Waals surface area contributed by atoms with Crippen LogP contribution in [0.2, 0.25) is 0 Å². The van der Waals surface area contributed by atoms with Crippen molar-refractivity contribution in [3.05, 3.63) is 48.0 Å². The lowest BCUT2D eigenvalue weighted by Crippen LogP contribution is -2.14. The minimum absolute atomic E-state index is 0.223. The topological polar surface area (TPSA) is 67.8 Å². The van der Waals surface area contributed by atoms with E-state index in [4.69, 9.17) is 0 Å². The van der Waals surface area contributed by atoms with Gasteiger partial charge in [-0.1, -0.05) is 25.1 Å². The van der Waals surface area contributed by atoms with Gasteiger partial charge in [-0.2, -0.15) is 4.98 Å². The molecule has 0 saturated heterocycles. The summed E-state index contributed by atoms with van der Waals surface area (Å²) in [6.45, 7) is 1.94. The fourth-order valence-corrected chi connectivity index (χ4v) is 1.32. The Balaban J connectivity index is 2.13. The highest BCUT2D eigenvalue weighted by Crippen LogP contribution is 2.03. The Labute approximate surface area is 99.0 Å². The van der Waals surface area contributed by atoms with Crippen molar-refractivity contribution in [3.63, 3.8) is 0 Å². The van der Waals surface area contributed by atoms with E-state index in [-0.39, 0.29) is 11.9 Å². The van der Waals surface area contributed by atoms with Gasteiger partial charge in [0.05, 0.1) is 0 Å². The van der Waals surface area contributed by atoms with Crippen molar-refractivity contribution in [3.8, 4) is 0 Å². The zero-order chi connectivity index (χ0) is 12.1. The zero-order valence-corrected chi connectivity index (χ0v) is 9.42. The van der Waals surface area contributed by atoms with Gasteiger partial charge < -0.3 is 0 Å². The maximum atomic E-state index is 11.8. The molecule has 0 spiro atoms. The van der Waals surface area contributed by atoms with E-state index in [1.165, 1.54) is 6.33 Å². The minimum Gasteiger partial charge on any atom is -0.290 e. The van der Waals surface area contributed by atoms with Gasteiger partial charge in [0, 0.05) is 12.0 Å². The van der Waals surface area contributed by atoms with Gasteiger partial charge in [-0.05, 0) is 12.1 Å². The first-order valence-corrected chi connectivity index (χ1v) is 5.34. The monoisotopic (exact) mass is 228 g/mol. The Morgan fingerprint density at radius 2 is 2.00 bits per heavy atom. The maximum Gasteiger partial charge on any atom is 0.258 e. The average molecular weight is 228 g/mol. The second-order valence-corrected chi connectivity index (χ2v) is 3.40. The molecule has 1 aromatic heterocycles. The third kappa shape index (κ3) is 2.84. The molecule has 5 heteroatoms. The van der Waals surface area contributed by atoms with E-state index in [2.05, 4.69) is 20.3 Å². The normalized spacial score (nSPS) is 9.94. The summed E-state index contributed by atoms with van der Waals surface area (Å²) >= 11 is 0. The van der Waals surface area contributed by atoms with Crippen molar-refractivity contribution in [2.75, 3.05) is 5.32 Å². The fourth-order valence-electron chi connectivity index (χ4n) is 1.32. The smallest absolute Gasteiger partial charge is 0.258 e. The predicted molar refractivity (Wildman–Crippen MR) is 63.6 cm³/mol. The van der Waals surface area contributed by atoms with E-state index in [1.54, 1.807) is 24.3 Å². The number of carbonyl (C=O) groups excluding carboxylic acids is 1. The third-order valence-electron chi connectivity index (χ3n) is 2.20. The SMILES string of the molecule is CCc1ncnc(NC(=O)c2ccccc2)n1. The molecule has 17 heavy (non-hydrogen) atoms. The molecule has 0 aliphatic rings. The number of aromatic nitrogens is 3. The molecular formula is C12H12N4O. The van der Waals surface area contributed by atoms with Crippen LogP contribution in [0.5, 0.6) is 0 Å². The summed E-state index contributed by atoms with van der Waals surface area (Å²) in [7, 11) is 0. The van der Waals surface area contributed by atoms with E-state index in [0.717, 1.165) is 0 Å². The van der Waals surface area contributed by atoms with Gasteiger partial charge in [0.15, 0.2) is 0 Å². The van der Waals surface area contributed by atoms with Crippen LogP contribution in [-0.4, -0.2) is 20.9 Å². The van der Waals surface area contributed by atoms with Crippen LogP contribution in [0, 0.1) is 0 Å². The first kappa shape index (κ1) is 11.2. The Morgan fingerprint density at radius 3 is 2.71 bits per heavy atom. The molecule has 1 N–H and O–H groups in total. The Bertz CT molecular complexity index is 513. The molecule has 1 aromatic carbocycles. The molecule has 0 radical (unpaired) electrons. The van der Waals surface area contributed by atoms with E-state index in [9.17, 15) is 4.79 Å². The molecule has 0 atom stereocenters. The number of hydrogen-bond acceptors (Lipinski definition) is 4. The molecule has 0 aliphatic heterocycles. The van der Waals surface area contributed by atoms with Gasteiger partial charge in [0.25, 0.3) is 5.91 Å². The number of nitrogens with one attached hydrogen (secondary N) is 1. The first-order chi connectivity index (χ1) is 8.29. The average Bonchev–Trinajstić information content (AvgIpc) is 2.40. The summed E-state index contributed by atoms with van der Waals surface area (Å²) in [5, 5.41) is 2.63. The van der Waals surface area contributed by atoms with Gasteiger partial charge in [-0.15, -0.1) is 0 Å². The van der Waals surface area contributed by atoms with E-state index in [1.807, 2.05) is 13.0 Å². The summed E-state index contributed by atoms with van der Waals surface area (Å²) in [4.78, 5) is 23.8. The molecule has 1 heterocycles. The highest BCUT2D eigenvalue weighted by Gasteiger charge is 2.07. The van der Waals surface area contributed by atoms with Crippen LogP contribution < -0.4 is 5.32 Å². The van der Waals surface area contributed by atoms with Crippen LogP contribution in [0.3, 0.4) is 0 Å². The molecule has 0 aliphatic carbocycles. The summed E-state index contributed by atoms with van der Waals surface area (Å²) in [6.07, 6.45) is 2.10. The largest absolute Gasteiger partial charge is 0.290 e. The Kier molecular flexibility index (Phi) is 3.40. The predicted octanol–water partition coefficient (Wildman–Crippen LogP) is 1.69. The van der Waals surface area contributed by atoms with Gasteiger partial charge in [-0.3, -0.25) is 10.1 Å². The van der Waals surface area contributed by atoms with Gasteiger partial charge in [-0.25, -0.2) is 9.97 Å². The molecule has 1 amide bonds. The van der Waals surface area contributed by atoms with Crippen LogP contribution in [0.15, 0.2) is 36.7 Å². The van der Waals surface area contributed by atoms with E-state index >= 15 is 0 Å². The van der Waals surface area contributed by atoms with Gasteiger partial charge >= 0.3 is 0 Å². The van der Waals surface area contributed by atoms with E-state index < -0.39 is 0 Å². The number of anilines is 1. The number of amides is 1.